The smallest absolute Gasteiger partial charge is 0.407 e. The molecule has 11 atom stereocenters. The number of nitrogens with zero attached hydrogens (tertiary/aromatic N) is 1. The number of carbonyl (C=O) groups is 3. The van der Waals surface area contributed by atoms with E-state index < -0.39 is 5.60 Å². The van der Waals surface area contributed by atoms with Crippen LogP contribution in [0, 0.1) is 46.3 Å². The summed E-state index contributed by atoms with van der Waals surface area (Å²) < 4.78 is 18.3. The van der Waals surface area contributed by atoms with Crippen LogP contribution >= 0.6 is 11.6 Å². The second kappa shape index (κ2) is 16.8. The van der Waals surface area contributed by atoms with Gasteiger partial charge in [0.15, 0.2) is 0 Å². The van der Waals surface area contributed by atoms with Crippen LogP contribution in [0.15, 0.2) is 30.5 Å². The molecule has 1 amide bonds. The Morgan fingerprint density at radius 3 is 2.45 bits per heavy atom. The van der Waals surface area contributed by atoms with Gasteiger partial charge in [0.05, 0.1) is 5.52 Å². The molecule has 0 spiro atoms. The molecule has 304 valence electrons. The van der Waals surface area contributed by atoms with Crippen molar-refractivity contribution in [1.29, 1.82) is 0 Å². The number of esters is 2. The lowest BCUT2D eigenvalue weighted by molar-refractivity contribution is -0.220. The van der Waals surface area contributed by atoms with E-state index in [2.05, 4.69) is 41.7 Å². The van der Waals surface area contributed by atoms with Gasteiger partial charge in [-0.3, -0.25) is 14.6 Å². The summed E-state index contributed by atoms with van der Waals surface area (Å²) in [5.41, 5.74) is 1.14. The van der Waals surface area contributed by atoms with Crippen LogP contribution in [-0.4, -0.2) is 66.5 Å². The number of aromatic nitrogens is 1. The van der Waals surface area contributed by atoms with E-state index in [4.69, 9.17) is 25.8 Å². The Morgan fingerprint density at radius 1 is 0.964 bits per heavy atom. The molecular formula is C44H65ClN4O6. The first-order valence-corrected chi connectivity index (χ1v) is 21.2. The average molecular weight is 781 g/mol. The summed E-state index contributed by atoms with van der Waals surface area (Å²) in [6.45, 7) is 18.5. The van der Waals surface area contributed by atoms with E-state index >= 15 is 0 Å². The van der Waals surface area contributed by atoms with E-state index in [1.54, 1.807) is 6.92 Å². The third kappa shape index (κ3) is 9.06. The molecule has 4 aliphatic carbocycles. The Bertz CT molecular complexity index is 1700. The number of anilines is 1. The van der Waals surface area contributed by atoms with Gasteiger partial charge in [-0.2, -0.15) is 0 Å². The van der Waals surface area contributed by atoms with Crippen molar-refractivity contribution in [2.75, 3.05) is 25.0 Å². The summed E-state index contributed by atoms with van der Waals surface area (Å²) >= 11 is 6.16. The molecule has 1 aromatic heterocycles. The van der Waals surface area contributed by atoms with E-state index in [1.165, 1.54) is 6.92 Å². The fourth-order valence-corrected chi connectivity index (χ4v) is 12.0. The van der Waals surface area contributed by atoms with Crippen molar-refractivity contribution in [2.45, 2.75) is 137 Å². The second-order valence-electron chi connectivity index (χ2n) is 18.7. The zero-order valence-corrected chi connectivity index (χ0v) is 35.1. The summed E-state index contributed by atoms with van der Waals surface area (Å²) in [5.74, 6) is 1.39. The van der Waals surface area contributed by atoms with Crippen LogP contribution in [0.2, 0.25) is 5.02 Å². The molecule has 0 aliphatic heterocycles. The first-order chi connectivity index (χ1) is 26.0. The maximum Gasteiger partial charge on any atom is 0.407 e. The summed E-state index contributed by atoms with van der Waals surface area (Å²) in [6, 6.07) is 7.80. The number of benzene rings is 1. The molecule has 4 saturated carbocycles. The number of fused-ring (bicyclic) bond motifs is 6. The lowest BCUT2D eigenvalue weighted by atomic mass is 9.43. The molecule has 3 N–H and O–H groups in total. The Morgan fingerprint density at radius 2 is 1.73 bits per heavy atom. The van der Waals surface area contributed by atoms with Crippen molar-refractivity contribution < 1.29 is 28.6 Å². The van der Waals surface area contributed by atoms with Crippen molar-refractivity contribution in [3.8, 4) is 0 Å². The maximum atomic E-state index is 12.8. The van der Waals surface area contributed by atoms with Gasteiger partial charge in [0.1, 0.15) is 17.8 Å². The van der Waals surface area contributed by atoms with Crippen LogP contribution in [0.1, 0.15) is 113 Å². The van der Waals surface area contributed by atoms with Crippen molar-refractivity contribution in [3.63, 3.8) is 0 Å². The van der Waals surface area contributed by atoms with Crippen molar-refractivity contribution in [3.05, 3.63) is 35.5 Å². The minimum absolute atomic E-state index is 0.00451. The molecule has 6 rings (SSSR count). The number of alkyl carbamates (subject to hydrolysis) is 1. The second-order valence-corrected chi connectivity index (χ2v) is 19.1. The highest BCUT2D eigenvalue weighted by atomic mass is 35.5. The first-order valence-electron chi connectivity index (χ1n) is 20.8. The molecule has 4 aliphatic rings. The molecule has 0 saturated heterocycles. The highest BCUT2D eigenvalue weighted by Gasteiger charge is 2.67. The predicted molar refractivity (Wildman–Crippen MR) is 217 cm³/mol. The minimum Gasteiger partial charge on any atom is -0.462 e. The van der Waals surface area contributed by atoms with Crippen LogP contribution < -0.4 is 16.0 Å². The highest BCUT2D eigenvalue weighted by Crippen LogP contribution is 2.69. The maximum absolute atomic E-state index is 12.8. The van der Waals surface area contributed by atoms with E-state index in [9.17, 15) is 14.4 Å². The third-order valence-electron chi connectivity index (χ3n) is 14.2. The molecular weight excluding hydrogens is 716 g/mol. The number of hydrogen-bond donors (Lipinski definition) is 3. The molecule has 10 nitrogen and oxygen atoms in total. The SMILES string of the molecule is CC(=O)O[C@H]1CC2C(C3CC[C@H](C(C)CCCNCCNc4ccnc5cc(Cl)ccc45)[C@]31C)[C@H](OC(C)=O)C[C@@H]1C[C@H](NC(=O)OC(C)(C)C)CC[C@]21C. The lowest BCUT2D eigenvalue weighted by Crippen LogP contribution is -2.64. The van der Waals surface area contributed by atoms with Crippen LogP contribution in [-0.2, 0) is 23.8 Å². The van der Waals surface area contributed by atoms with Crippen LogP contribution in [0.25, 0.3) is 10.9 Å². The fourth-order valence-electron chi connectivity index (χ4n) is 11.9. The topological polar surface area (TPSA) is 128 Å². The third-order valence-corrected chi connectivity index (χ3v) is 14.4. The van der Waals surface area contributed by atoms with Gasteiger partial charge in [-0.1, -0.05) is 32.4 Å². The minimum atomic E-state index is -0.564. The summed E-state index contributed by atoms with van der Waals surface area (Å²) in [4.78, 5) is 42.7. The number of amides is 1. The largest absolute Gasteiger partial charge is 0.462 e. The summed E-state index contributed by atoms with van der Waals surface area (Å²) in [7, 11) is 0. The van der Waals surface area contributed by atoms with Gasteiger partial charge in [0, 0.05) is 66.6 Å². The normalized spacial score (nSPS) is 33.4. The number of halogens is 1. The molecule has 2 aromatic rings. The lowest BCUT2D eigenvalue weighted by Gasteiger charge is -2.64. The molecule has 11 heteroatoms. The zero-order chi connectivity index (χ0) is 39.7. The molecule has 0 radical (unpaired) electrons. The van der Waals surface area contributed by atoms with Gasteiger partial charge in [0.25, 0.3) is 0 Å². The number of carbonyl (C=O) groups excluding carboxylic acids is 3. The van der Waals surface area contributed by atoms with E-state index in [0.29, 0.717) is 16.9 Å². The van der Waals surface area contributed by atoms with Gasteiger partial charge in [-0.15, -0.1) is 0 Å². The van der Waals surface area contributed by atoms with Crippen molar-refractivity contribution >= 4 is 46.2 Å². The predicted octanol–water partition coefficient (Wildman–Crippen LogP) is 8.94. The quantitative estimate of drug-likeness (QED) is 0.110. The van der Waals surface area contributed by atoms with Crippen molar-refractivity contribution in [1.82, 2.24) is 15.6 Å². The van der Waals surface area contributed by atoms with Gasteiger partial charge in [-0.25, -0.2) is 4.79 Å². The summed E-state index contributed by atoms with van der Waals surface area (Å²) in [5, 5.41) is 12.1. The molecule has 55 heavy (non-hydrogen) atoms. The summed E-state index contributed by atoms with van der Waals surface area (Å²) in [6.07, 6.45) is 9.54. The molecule has 1 aromatic carbocycles. The fraction of sp³-hybridized carbons (Fsp3) is 0.727. The monoisotopic (exact) mass is 780 g/mol. The molecule has 0 bridgehead atoms. The number of ether oxygens (including phenoxy) is 3. The van der Waals surface area contributed by atoms with E-state index in [-0.39, 0.29) is 70.8 Å². The van der Waals surface area contributed by atoms with Crippen LogP contribution in [0.4, 0.5) is 10.5 Å². The van der Waals surface area contributed by atoms with E-state index in [0.717, 1.165) is 94.0 Å². The number of hydrogen-bond acceptors (Lipinski definition) is 9. The average Bonchev–Trinajstić information content (AvgIpc) is 3.45. The van der Waals surface area contributed by atoms with Gasteiger partial charge >= 0.3 is 18.0 Å². The Hall–Kier alpha value is -3.11. The standard InChI is InChI=1S/C44H65ClN4O6/c1-26(10-9-18-46-20-21-48-36-16-19-47-37-24-30(45)11-12-32(36)37)33-13-14-34-40-35(25-39(44(33,34)8)54-28(3)51)43(7)17-15-31(49-41(52)55-42(4,5)6)22-29(43)23-38(40)53-27(2)50/h11-12,16,19,24,26,29,31,33-35,38-40,46H,9-10,13-15,17-18,20-23,25H2,1-8H3,(H,47,48)(H,49,52)/t26?,29-,31+,33+,34?,35?,38+,39-,40?,43-,44+/m0/s1. The van der Waals surface area contributed by atoms with E-state index in [1.807, 2.05) is 51.2 Å². The molecule has 4 fully saturated rings. The van der Waals surface area contributed by atoms with Crippen LogP contribution in [0.5, 0.6) is 0 Å². The molecule has 4 unspecified atom stereocenters. The van der Waals surface area contributed by atoms with Gasteiger partial charge in [0.2, 0.25) is 0 Å². The van der Waals surface area contributed by atoms with Gasteiger partial charge in [-0.05, 0) is 144 Å². The number of nitrogens with one attached hydrogen (secondary N) is 3. The highest BCUT2D eigenvalue weighted by molar-refractivity contribution is 6.31. The first kappa shape index (κ1) is 41.5. The number of rotatable bonds is 12. The van der Waals surface area contributed by atoms with Crippen molar-refractivity contribution in [2.24, 2.45) is 46.3 Å². The van der Waals surface area contributed by atoms with Gasteiger partial charge < -0.3 is 30.2 Å². The zero-order valence-electron chi connectivity index (χ0n) is 34.3. The Balaban J connectivity index is 1.10. The van der Waals surface area contributed by atoms with Crippen LogP contribution in [0.3, 0.4) is 0 Å². The number of pyridine rings is 1. The Kier molecular flexibility index (Phi) is 12.7. The molecule has 1 heterocycles. The Labute approximate surface area is 333 Å².